The summed E-state index contributed by atoms with van der Waals surface area (Å²) in [6.07, 6.45) is 2.47. The van der Waals surface area contributed by atoms with Gasteiger partial charge in [-0.05, 0) is 49.5 Å². The van der Waals surface area contributed by atoms with Crippen molar-refractivity contribution in [3.8, 4) is 0 Å². The van der Waals surface area contributed by atoms with Crippen LogP contribution in [-0.4, -0.2) is 31.7 Å². The molecule has 4 rings (SSSR count). The predicted molar refractivity (Wildman–Crippen MR) is 107 cm³/mol. The molecule has 142 valence electrons. The number of hydrogen-bond acceptors (Lipinski definition) is 3. The SMILES string of the molecule is CCO[C@@H]1[C@@H](NC(=O)Cc2ccccc2)c2ccccc2C12CCNCC2. The predicted octanol–water partition coefficient (Wildman–Crippen LogP) is 3.13. The van der Waals surface area contributed by atoms with Crippen molar-refractivity contribution in [2.45, 2.75) is 43.7 Å². The summed E-state index contributed by atoms with van der Waals surface area (Å²) in [7, 11) is 0. The highest BCUT2D eigenvalue weighted by Crippen LogP contribution is 2.51. The number of amides is 1. The first-order chi connectivity index (χ1) is 13.2. The maximum atomic E-state index is 12.8. The zero-order chi connectivity index (χ0) is 18.7. The van der Waals surface area contributed by atoms with Crippen molar-refractivity contribution in [3.05, 3.63) is 71.3 Å². The van der Waals surface area contributed by atoms with Gasteiger partial charge in [0.15, 0.2) is 0 Å². The zero-order valence-corrected chi connectivity index (χ0v) is 15.9. The van der Waals surface area contributed by atoms with Gasteiger partial charge in [-0.25, -0.2) is 0 Å². The van der Waals surface area contributed by atoms with Gasteiger partial charge in [-0.2, -0.15) is 0 Å². The number of benzene rings is 2. The Morgan fingerprint density at radius 3 is 2.56 bits per heavy atom. The average molecular weight is 364 g/mol. The Bertz CT molecular complexity index is 784. The Kier molecular flexibility index (Phi) is 5.28. The highest BCUT2D eigenvalue weighted by Gasteiger charge is 2.53. The number of ether oxygens (including phenoxy) is 1. The number of rotatable bonds is 5. The largest absolute Gasteiger partial charge is 0.375 e. The molecule has 1 spiro atoms. The van der Waals surface area contributed by atoms with E-state index in [9.17, 15) is 4.79 Å². The first-order valence-corrected chi connectivity index (χ1v) is 9.99. The Morgan fingerprint density at radius 2 is 1.81 bits per heavy atom. The van der Waals surface area contributed by atoms with E-state index in [1.807, 2.05) is 37.3 Å². The van der Waals surface area contributed by atoms with Gasteiger partial charge < -0.3 is 15.4 Å². The zero-order valence-electron chi connectivity index (χ0n) is 15.9. The first-order valence-electron chi connectivity index (χ1n) is 9.99. The molecule has 0 unspecified atom stereocenters. The van der Waals surface area contributed by atoms with E-state index in [2.05, 4.69) is 34.9 Å². The van der Waals surface area contributed by atoms with Crippen LogP contribution in [0.4, 0.5) is 0 Å². The summed E-state index contributed by atoms with van der Waals surface area (Å²) < 4.78 is 6.30. The molecule has 1 saturated heterocycles. The van der Waals surface area contributed by atoms with Crippen LogP contribution in [0.5, 0.6) is 0 Å². The molecule has 2 aromatic carbocycles. The van der Waals surface area contributed by atoms with Gasteiger partial charge in [-0.15, -0.1) is 0 Å². The average Bonchev–Trinajstić information content (AvgIpc) is 2.93. The lowest BCUT2D eigenvalue weighted by Gasteiger charge is -2.41. The van der Waals surface area contributed by atoms with E-state index in [1.165, 1.54) is 11.1 Å². The first kappa shape index (κ1) is 18.2. The van der Waals surface area contributed by atoms with Crippen molar-refractivity contribution in [1.82, 2.24) is 10.6 Å². The normalized spacial score (nSPS) is 23.1. The van der Waals surface area contributed by atoms with Crippen LogP contribution in [0.15, 0.2) is 54.6 Å². The molecule has 1 aliphatic carbocycles. The van der Waals surface area contributed by atoms with Crippen LogP contribution < -0.4 is 10.6 Å². The molecule has 0 radical (unpaired) electrons. The second-order valence-electron chi connectivity index (χ2n) is 7.58. The van der Waals surface area contributed by atoms with Crippen LogP contribution in [0.3, 0.4) is 0 Å². The molecule has 2 atom stereocenters. The van der Waals surface area contributed by atoms with Gasteiger partial charge in [-0.1, -0.05) is 54.6 Å². The Balaban J connectivity index is 1.63. The number of nitrogens with one attached hydrogen (secondary N) is 2. The van der Waals surface area contributed by atoms with Crippen molar-refractivity contribution in [1.29, 1.82) is 0 Å². The lowest BCUT2D eigenvalue weighted by molar-refractivity contribution is -0.123. The molecule has 27 heavy (non-hydrogen) atoms. The maximum Gasteiger partial charge on any atom is 0.224 e. The van der Waals surface area contributed by atoms with E-state index in [-0.39, 0.29) is 23.5 Å². The molecule has 0 bridgehead atoms. The lowest BCUT2D eigenvalue weighted by atomic mass is 9.72. The van der Waals surface area contributed by atoms with Crippen LogP contribution in [0, 0.1) is 0 Å². The molecule has 4 nitrogen and oxygen atoms in total. The number of carbonyl (C=O) groups excluding carboxylic acids is 1. The second-order valence-corrected chi connectivity index (χ2v) is 7.58. The summed E-state index contributed by atoms with van der Waals surface area (Å²) in [5, 5.41) is 6.78. The van der Waals surface area contributed by atoms with E-state index in [4.69, 9.17) is 4.74 Å². The molecule has 4 heteroatoms. The Labute approximate surface area is 161 Å². The fourth-order valence-corrected chi connectivity index (χ4v) is 4.88. The fraction of sp³-hybridized carbons (Fsp3) is 0.435. The molecule has 1 aliphatic heterocycles. The standard InChI is InChI=1S/C23H28N2O2/c1-2-27-22-21(25-20(26)16-17-8-4-3-5-9-17)18-10-6-7-11-19(18)23(22)12-14-24-15-13-23/h3-11,21-22,24H,2,12-16H2,1H3,(H,25,26)/t21-,22+/m0/s1. The molecule has 1 amide bonds. The minimum Gasteiger partial charge on any atom is -0.375 e. The van der Waals surface area contributed by atoms with E-state index >= 15 is 0 Å². The van der Waals surface area contributed by atoms with Gasteiger partial charge in [0.2, 0.25) is 5.91 Å². The highest BCUT2D eigenvalue weighted by atomic mass is 16.5. The van der Waals surface area contributed by atoms with Crippen molar-refractivity contribution in [3.63, 3.8) is 0 Å². The van der Waals surface area contributed by atoms with Gasteiger partial charge in [0.25, 0.3) is 0 Å². The Hall–Kier alpha value is -2.17. The minimum atomic E-state index is -0.0875. The van der Waals surface area contributed by atoms with Gasteiger partial charge in [0.1, 0.15) is 0 Å². The number of carbonyl (C=O) groups is 1. The summed E-state index contributed by atoms with van der Waals surface area (Å²) in [6, 6.07) is 18.4. The molecular weight excluding hydrogens is 336 g/mol. The highest BCUT2D eigenvalue weighted by molar-refractivity contribution is 5.79. The van der Waals surface area contributed by atoms with Gasteiger partial charge >= 0.3 is 0 Å². The quantitative estimate of drug-likeness (QED) is 0.857. The summed E-state index contributed by atoms with van der Waals surface area (Å²) >= 11 is 0. The molecule has 1 fully saturated rings. The van der Waals surface area contributed by atoms with Crippen LogP contribution in [0.1, 0.15) is 42.5 Å². The van der Waals surface area contributed by atoms with Crippen LogP contribution in [0.2, 0.25) is 0 Å². The van der Waals surface area contributed by atoms with E-state index in [1.54, 1.807) is 0 Å². The molecule has 2 N–H and O–H groups in total. The van der Waals surface area contributed by atoms with Crippen LogP contribution in [-0.2, 0) is 21.4 Å². The number of hydrogen-bond donors (Lipinski definition) is 2. The number of piperidine rings is 1. The molecule has 0 saturated carbocycles. The van der Waals surface area contributed by atoms with Gasteiger partial charge in [0, 0.05) is 12.0 Å². The lowest BCUT2D eigenvalue weighted by Crippen LogP contribution is -2.50. The van der Waals surface area contributed by atoms with Crippen LogP contribution in [0.25, 0.3) is 0 Å². The molecule has 2 aliphatic rings. The third-order valence-corrected chi connectivity index (χ3v) is 6.05. The molecular formula is C23H28N2O2. The van der Waals surface area contributed by atoms with E-state index in [0.29, 0.717) is 13.0 Å². The summed E-state index contributed by atoms with van der Waals surface area (Å²) in [6.45, 7) is 4.67. The molecule has 0 aromatic heterocycles. The van der Waals surface area contributed by atoms with Crippen molar-refractivity contribution in [2.24, 2.45) is 0 Å². The fourth-order valence-electron chi connectivity index (χ4n) is 4.88. The maximum absolute atomic E-state index is 12.8. The molecule has 2 aromatic rings. The summed E-state index contributed by atoms with van der Waals surface area (Å²) in [5.74, 6) is 0.0525. The smallest absolute Gasteiger partial charge is 0.224 e. The van der Waals surface area contributed by atoms with Crippen molar-refractivity contribution in [2.75, 3.05) is 19.7 Å². The third-order valence-electron chi connectivity index (χ3n) is 6.05. The van der Waals surface area contributed by atoms with E-state index in [0.717, 1.165) is 31.5 Å². The third kappa shape index (κ3) is 3.40. The van der Waals surface area contributed by atoms with Crippen molar-refractivity contribution < 1.29 is 9.53 Å². The topological polar surface area (TPSA) is 50.4 Å². The second kappa shape index (κ2) is 7.83. The van der Waals surface area contributed by atoms with Gasteiger partial charge in [0.05, 0.1) is 18.6 Å². The monoisotopic (exact) mass is 364 g/mol. The number of fused-ring (bicyclic) bond motifs is 2. The summed E-state index contributed by atoms with van der Waals surface area (Å²) in [5.41, 5.74) is 3.60. The van der Waals surface area contributed by atoms with Crippen LogP contribution >= 0.6 is 0 Å². The Morgan fingerprint density at radius 1 is 1.11 bits per heavy atom. The van der Waals surface area contributed by atoms with Gasteiger partial charge in [-0.3, -0.25) is 4.79 Å². The minimum absolute atomic E-state index is 0.0114. The molecule has 1 heterocycles. The van der Waals surface area contributed by atoms with E-state index < -0.39 is 0 Å². The van der Waals surface area contributed by atoms with Crippen molar-refractivity contribution >= 4 is 5.91 Å². The summed E-state index contributed by atoms with van der Waals surface area (Å²) in [4.78, 5) is 12.8.